The minimum absolute atomic E-state index is 0.345. The smallest absolute Gasteiger partial charge is 0.306 e. The molecule has 6 rings (SSSR count). The van der Waals surface area contributed by atoms with Gasteiger partial charge in [-0.2, -0.15) is 5.26 Å². The second-order valence-electron chi connectivity index (χ2n) is 8.45. The zero-order valence-corrected chi connectivity index (χ0v) is 19.9. The number of aromatic amines is 1. The summed E-state index contributed by atoms with van der Waals surface area (Å²) in [6.45, 7) is 0. The molecule has 0 amide bonds. The lowest BCUT2D eigenvalue weighted by molar-refractivity contribution is 0.902. The third kappa shape index (κ3) is 3.77. The number of fused-ring (bicyclic) bond motifs is 2. The Kier molecular flexibility index (Phi) is 5.37. The van der Waals surface area contributed by atoms with E-state index in [4.69, 9.17) is 11.6 Å². The quantitative estimate of drug-likeness (QED) is 0.345. The Bertz CT molecular complexity index is 2020. The Morgan fingerprint density at radius 1 is 0.838 bits per heavy atom. The fourth-order valence-corrected chi connectivity index (χ4v) is 4.86. The molecule has 0 radical (unpaired) electrons. The number of pyridine rings is 2. The highest BCUT2D eigenvalue weighted by Gasteiger charge is 2.16. The molecular formula is C29H16ClN5O2. The first kappa shape index (κ1) is 22.4. The normalized spacial score (nSPS) is 11.0. The summed E-state index contributed by atoms with van der Waals surface area (Å²) in [5.74, 6) is 0. The zero-order chi connectivity index (χ0) is 25.5. The maximum absolute atomic E-state index is 13.5. The maximum atomic E-state index is 13.5. The van der Waals surface area contributed by atoms with Crippen LogP contribution in [0.2, 0.25) is 5.02 Å². The number of aromatic nitrogens is 4. The first-order valence-electron chi connectivity index (χ1n) is 11.3. The van der Waals surface area contributed by atoms with Crippen LogP contribution in [0.3, 0.4) is 0 Å². The van der Waals surface area contributed by atoms with Crippen molar-refractivity contribution in [2.24, 2.45) is 0 Å². The van der Waals surface area contributed by atoms with Crippen molar-refractivity contribution in [3.63, 3.8) is 0 Å². The average molecular weight is 502 g/mol. The third-order valence-electron chi connectivity index (χ3n) is 6.27. The molecular weight excluding hydrogens is 486 g/mol. The van der Waals surface area contributed by atoms with Crippen LogP contribution in [0.15, 0.2) is 101 Å². The summed E-state index contributed by atoms with van der Waals surface area (Å²) in [7, 11) is 0. The van der Waals surface area contributed by atoms with Crippen molar-refractivity contribution in [2.45, 2.75) is 0 Å². The van der Waals surface area contributed by atoms with Crippen molar-refractivity contribution in [3.05, 3.63) is 123 Å². The van der Waals surface area contributed by atoms with E-state index in [2.05, 4.69) is 21.0 Å². The Labute approximate surface area is 214 Å². The summed E-state index contributed by atoms with van der Waals surface area (Å²) in [4.78, 5) is 37.9. The van der Waals surface area contributed by atoms with Gasteiger partial charge in [0.15, 0.2) is 0 Å². The average Bonchev–Trinajstić information content (AvgIpc) is 2.93. The largest absolute Gasteiger partial charge is 0.333 e. The third-order valence-corrected chi connectivity index (χ3v) is 6.58. The molecule has 0 unspecified atom stereocenters. The number of rotatable bonds is 3. The highest BCUT2D eigenvalue weighted by atomic mass is 35.5. The van der Waals surface area contributed by atoms with Crippen LogP contribution < -0.4 is 11.2 Å². The molecule has 8 heteroatoms. The number of hydrogen-bond acceptors (Lipinski definition) is 5. The van der Waals surface area contributed by atoms with E-state index in [-0.39, 0.29) is 0 Å². The van der Waals surface area contributed by atoms with Gasteiger partial charge in [0.2, 0.25) is 0 Å². The Hall–Kier alpha value is -5.06. The molecule has 0 aliphatic rings. The second-order valence-corrected chi connectivity index (χ2v) is 8.85. The van der Waals surface area contributed by atoms with Crippen molar-refractivity contribution in [3.8, 4) is 34.0 Å². The lowest BCUT2D eigenvalue weighted by Gasteiger charge is -2.14. The van der Waals surface area contributed by atoms with Gasteiger partial charge in [0.1, 0.15) is 6.07 Å². The summed E-state index contributed by atoms with van der Waals surface area (Å²) in [5, 5.41) is 11.7. The van der Waals surface area contributed by atoms with Crippen molar-refractivity contribution in [1.82, 2.24) is 19.5 Å². The fraction of sp³-hybridized carbons (Fsp3) is 0. The van der Waals surface area contributed by atoms with E-state index >= 15 is 0 Å². The number of H-pyrrole nitrogens is 1. The lowest BCUT2D eigenvalue weighted by Crippen LogP contribution is -2.33. The van der Waals surface area contributed by atoms with E-state index in [1.165, 1.54) is 12.4 Å². The van der Waals surface area contributed by atoms with E-state index in [9.17, 15) is 14.9 Å². The molecule has 0 aliphatic heterocycles. The molecule has 0 saturated heterocycles. The minimum Gasteiger partial charge on any atom is -0.306 e. The van der Waals surface area contributed by atoms with Crippen molar-refractivity contribution in [1.29, 1.82) is 5.26 Å². The van der Waals surface area contributed by atoms with Gasteiger partial charge >= 0.3 is 5.69 Å². The highest BCUT2D eigenvalue weighted by Crippen LogP contribution is 2.38. The monoisotopic (exact) mass is 501 g/mol. The van der Waals surface area contributed by atoms with Crippen molar-refractivity contribution < 1.29 is 0 Å². The van der Waals surface area contributed by atoms with Gasteiger partial charge in [-0.1, -0.05) is 54.1 Å². The van der Waals surface area contributed by atoms with Crippen LogP contribution in [0.25, 0.3) is 49.6 Å². The first-order valence-corrected chi connectivity index (χ1v) is 11.7. The van der Waals surface area contributed by atoms with Gasteiger partial charge in [-0.15, -0.1) is 0 Å². The minimum atomic E-state index is -0.571. The van der Waals surface area contributed by atoms with Crippen LogP contribution in [-0.4, -0.2) is 19.5 Å². The lowest BCUT2D eigenvalue weighted by atomic mass is 9.94. The maximum Gasteiger partial charge on any atom is 0.333 e. The van der Waals surface area contributed by atoms with Gasteiger partial charge in [-0.3, -0.25) is 14.8 Å². The number of nitrogens with one attached hydrogen (secondary N) is 1. The van der Waals surface area contributed by atoms with Crippen LogP contribution in [0.5, 0.6) is 0 Å². The van der Waals surface area contributed by atoms with Crippen molar-refractivity contribution in [2.75, 3.05) is 0 Å². The highest BCUT2D eigenvalue weighted by molar-refractivity contribution is 6.34. The molecule has 0 fully saturated rings. The number of nitriles is 1. The molecule has 3 aromatic heterocycles. The van der Waals surface area contributed by atoms with Crippen molar-refractivity contribution >= 4 is 33.3 Å². The molecule has 7 nitrogen and oxygen atoms in total. The molecule has 0 bridgehead atoms. The number of nitrogens with zero attached hydrogens (tertiary/aromatic N) is 4. The first-order chi connectivity index (χ1) is 18.0. The molecule has 0 atom stereocenters. The van der Waals surface area contributed by atoms with Crippen LogP contribution in [0.4, 0.5) is 0 Å². The summed E-state index contributed by atoms with van der Waals surface area (Å²) in [6.07, 6.45) is 6.35. The van der Waals surface area contributed by atoms with Crippen LogP contribution in [0, 0.1) is 11.3 Å². The predicted octanol–water partition coefficient (Wildman–Crippen LogP) is 5.48. The predicted molar refractivity (Wildman–Crippen MR) is 144 cm³/mol. The van der Waals surface area contributed by atoms with Gasteiger partial charge in [0.25, 0.3) is 5.56 Å². The Balaban J connectivity index is 1.56. The summed E-state index contributed by atoms with van der Waals surface area (Å²) >= 11 is 6.63. The Morgan fingerprint density at radius 3 is 2.54 bits per heavy atom. The summed E-state index contributed by atoms with van der Waals surface area (Å²) in [6, 6.07) is 22.0. The van der Waals surface area contributed by atoms with Gasteiger partial charge in [0, 0.05) is 45.5 Å². The molecule has 37 heavy (non-hydrogen) atoms. The van der Waals surface area contributed by atoms with Gasteiger partial charge in [-0.25, -0.2) is 9.36 Å². The number of halogens is 1. The second kappa shape index (κ2) is 8.86. The summed E-state index contributed by atoms with van der Waals surface area (Å²) in [5.41, 5.74) is 3.10. The molecule has 0 spiro atoms. The molecule has 1 N–H and O–H groups in total. The number of hydrogen-bond donors (Lipinski definition) is 1. The zero-order valence-electron chi connectivity index (χ0n) is 19.1. The van der Waals surface area contributed by atoms with E-state index in [1.807, 2.05) is 36.4 Å². The molecule has 3 heterocycles. The van der Waals surface area contributed by atoms with E-state index in [0.29, 0.717) is 38.3 Å². The van der Waals surface area contributed by atoms with Gasteiger partial charge in [-0.05, 0) is 35.4 Å². The molecule has 176 valence electrons. The fourth-order valence-electron chi connectivity index (χ4n) is 4.58. The topological polar surface area (TPSA) is 104 Å². The van der Waals surface area contributed by atoms with E-state index in [1.54, 1.807) is 42.7 Å². The molecule has 3 aromatic carbocycles. The van der Waals surface area contributed by atoms with E-state index < -0.39 is 11.2 Å². The SMILES string of the molecule is N#Cc1cncc(-c2cccc(Cl)c2-c2ccc3c(=O)n(-c4cncc5ccccc45)c(=O)[nH]c3c2)c1. The molecule has 0 aliphatic carbocycles. The molecule has 0 saturated carbocycles. The van der Waals surface area contributed by atoms with Gasteiger partial charge < -0.3 is 4.98 Å². The molecule has 6 aromatic rings. The van der Waals surface area contributed by atoms with Crippen LogP contribution >= 0.6 is 11.6 Å². The van der Waals surface area contributed by atoms with E-state index in [0.717, 1.165) is 26.5 Å². The van der Waals surface area contributed by atoms with Gasteiger partial charge in [0.05, 0.1) is 28.4 Å². The Morgan fingerprint density at radius 2 is 1.68 bits per heavy atom. The van der Waals surface area contributed by atoms with Crippen LogP contribution in [-0.2, 0) is 0 Å². The number of benzene rings is 3. The summed E-state index contributed by atoms with van der Waals surface area (Å²) < 4.78 is 1.11. The van der Waals surface area contributed by atoms with Crippen LogP contribution in [0.1, 0.15) is 5.56 Å². The standard InChI is InChI=1S/C29H16ClN5O2/c30-24-7-3-6-22(20-10-17(12-31)13-32-15-20)27(24)18-8-9-23-25(11-18)34-29(37)35(28(23)36)26-16-33-14-19-4-1-2-5-21(19)26/h1-11,13-16H,(H,34,37).